The van der Waals surface area contributed by atoms with E-state index in [1.807, 2.05) is 12.1 Å². The minimum Gasteiger partial charge on any atom is -0.286 e. The molecule has 0 spiro atoms. The molecule has 2 heterocycles. The van der Waals surface area contributed by atoms with Gasteiger partial charge in [-0.1, -0.05) is 6.07 Å². The number of halogens is 2. The summed E-state index contributed by atoms with van der Waals surface area (Å²) in [5, 5.41) is 8.72. The summed E-state index contributed by atoms with van der Waals surface area (Å²) in [6.45, 7) is 0. The zero-order valence-electron chi connectivity index (χ0n) is 8.61. The number of nitrogens with one attached hydrogen (secondary N) is 1. The molecule has 0 aliphatic carbocycles. The van der Waals surface area contributed by atoms with Crippen LogP contribution >= 0.6 is 15.9 Å². The van der Waals surface area contributed by atoms with Crippen LogP contribution in [0.3, 0.4) is 0 Å². The molecule has 0 fully saturated rings. The van der Waals surface area contributed by atoms with Crippen LogP contribution in [0.5, 0.6) is 0 Å². The maximum absolute atomic E-state index is 13.3. The molecule has 0 atom stereocenters. The second-order valence-corrected chi connectivity index (χ2v) is 4.53. The fourth-order valence-corrected chi connectivity index (χ4v) is 2.45. The SMILES string of the molecule is N=c1c2c(Br)cc(F)cc2nc2ccccn12. The number of fused-ring (bicyclic) bond motifs is 2. The van der Waals surface area contributed by atoms with Gasteiger partial charge in [0.2, 0.25) is 0 Å². The van der Waals surface area contributed by atoms with E-state index >= 15 is 0 Å². The fourth-order valence-electron chi connectivity index (χ4n) is 1.84. The van der Waals surface area contributed by atoms with Crippen molar-refractivity contribution in [3.05, 3.63) is 52.3 Å². The van der Waals surface area contributed by atoms with Crippen LogP contribution in [0.15, 0.2) is 41.0 Å². The van der Waals surface area contributed by atoms with Gasteiger partial charge in [-0.05, 0) is 34.1 Å². The molecule has 3 aromatic rings. The molecule has 17 heavy (non-hydrogen) atoms. The van der Waals surface area contributed by atoms with Gasteiger partial charge < -0.3 is 0 Å². The van der Waals surface area contributed by atoms with Gasteiger partial charge in [-0.3, -0.25) is 9.81 Å². The molecule has 2 aromatic heterocycles. The van der Waals surface area contributed by atoms with E-state index < -0.39 is 0 Å². The second-order valence-electron chi connectivity index (χ2n) is 3.67. The molecule has 5 heteroatoms. The third-order valence-corrected chi connectivity index (χ3v) is 3.21. The van der Waals surface area contributed by atoms with Gasteiger partial charge in [0.1, 0.15) is 17.0 Å². The van der Waals surface area contributed by atoms with Crippen molar-refractivity contribution in [3.63, 3.8) is 0 Å². The van der Waals surface area contributed by atoms with E-state index in [1.54, 1.807) is 16.7 Å². The molecular weight excluding hydrogens is 285 g/mol. The summed E-state index contributed by atoms with van der Waals surface area (Å²) in [6.07, 6.45) is 1.76. The van der Waals surface area contributed by atoms with Crippen LogP contribution < -0.4 is 5.49 Å². The lowest BCUT2D eigenvalue weighted by Gasteiger charge is -2.06. The Morgan fingerprint density at radius 2 is 2.12 bits per heavy atom. The number of aromatic nitrogens is 2. The van der Waals surface area contributed by atoms with Gasteiger partial charge >= 0.3 is 0 Å². The molecule has 0 aliphatic rings. The van der Waals surface area contributed by atoms with E-state index in [0.717, 1.165) is 0 Å². The highest BCUT2D eigenvalue weighted by Gasteiger charge is 2.07. The maximum Gasteiger partial charge on any atom is 0.141 e. The summed E-state index contributed by atoms with van der Waals surface area (Å²) < 4.78 is 15.5. The number of rotatable bonds is 0. The van der Waals surface area contributed by atoms with Gasteiger partial charge in [-0.15, -0.1) is 0 Å². The van der Waals surface area contributed by atoms with E-state index in [2.05, 4.69) is 20.9 Å². The molecule has 0 unspecified atom stereocenters. The summed E-state index contributed by atoms with van der Waals surface area (Å²) in [6, 6.07) is 8.14. The molecule has 3 nitrogen and oxygen atoms in total. The minimum absolute atomic E-state index is 0.289. The smallest absolute Gasteiger partial charge is 0.141 e. The first-order chi connectivity index (χ1) is 8.16. The molecule has 0 saturated heterocycles. The average Bonchev–Trinajstić information content (AvgIpc) is 2.28. The molecular formula is C12H7BrFN3. The van der Waals surface area contributed by atoms with Crippen molar-refractivity contribution in [3.8, 4) is 0 Å². The number of hydrogen-bond donors (Lipinski definition) is 1. The van der Waals surface area contributed by atoms with Crippen LogP contribution in [-0.2, 0) is 0 Å². The number of benzene rings is 1. The third-order valence-electron chi connectivity index (χ3n) is 2.59. The zero-order valence-corrected chi connectivity index (χ0v) is 10.2. The van der Waals surface area contributed by atoms with Crippen LogP contribution in [0.2, 0.25) is 0 Å². The number of nitrogens with zero attached hydrogens (tertiary/aromatic N) is 2. The van der Waals surface area contributed by atoms with E-state index in [0.29, 0.717) is 21.0 Å². The van der Waals surface area contributed by atoms with Crippen molar-refractivity contribution >= 4 is 32.5 Å². The number of hydrogen-bond acceptors (Lipinski definition) is 2. The molecule has 84 valence electrons. The molecule has 0 saturated carbocycles. The van der Waals surface area contributed by atoms with E-state index in [1.165, 1.54) is 12.1 Å². The van der Waals surface area contributed by atoms with Crippen LogP contribution in [0.25, 0.3) is 16.6 Å². The van der Waals surface area contributed by atoms with Crippen LogP contribution in [0.1, 0.15) is 0 Å². The lowest BCUT2D eigenvalue weighted by Crippen LogP contribution is -2.15. The van der Waals surface area contributed by atoms with Crippen molar-refractivity contribution in [1.82, 2.24) is 9.38 Å². The lowest BCUT2D eigenvalue weighted by atomic mass is 10.2. The molecule has 0 amide bonds. The predicted octanol–water partition coefficient (Wildman–Crippen LogP) is 2.87. The topological polar surface area (TPSA) is 41.2 Å². The standard InChI is InChI=1S/C12H7BrFN3/c13-8-5-7(14)6-9-11(8)12(15)17-4-2-1-3-10(17)16-9/h1-6,15H. The van der Waals surface area contributed by atoms with Gasteiger partial charge in [0.25, 0.3) is 0 Å². The largest absolute Gasteiger partial charge is 0.286 e. The monoisotopic (exact) mass is 291 g/mol. The van der Waals surface area contributed by atoms with E-state index in [9.17, 15) is 4.39 Å². The van der Waals surface area contributed by atoms with E-state index in [4.69, 9.17) is 5.41 Å². The molecule has 1 N–H and O–H groups in total. The molecule has 0 radical (unpaired) electrons. The summed E-state index contributed by atoms with van der Waals surface area (Å²) in [7, 11) is 0. The quantitative estimate of drug-likeness (QED) is 0.636. The fraction of sp³-hybridized carbons (Fsp3) is 0. The normalized spacial score (nSPS) is 11.2. The van der Waals surface area contributed by atoms with E-state index in [-0.39, 0.29) is 11.3 Å². The zero-order chi connectivity index (χ0) is 12.0. The Morgan fingerprint density at radius 1 is 1.29 bits per heavy atom. The van der Waals surface area contributed by atoms with Crippen molar-refractivity contribution < 1.29 is 4.39 Å². The summed E-state index contributed by atoms with van der Waals surface area (Å²) in [4.78, 5) is 4.33. The van der Waals surface area contributed by atoms with Gasteiger partial charge in [0, 0.05) is 16.7 Å². The van der Waals surface area contributed by atoms with Gasteiger partial charge in [0.05, 0.1) is 10.9 Å². The Bertz CT molecular complexity index is 795. The average molecular weight is 292 g/mol. The summed E-state index contributed by atoms with van der Waals surface area (Å²) in [5.74, 6) is -0.364. The summed E-state index contributed by atoms with van der Waals surface area (Å²) >= 11 is 3.27. The van der Waals surface area contributed by atoms with Crippen LogP contribution in [0.4, 0.5) is 4.39 Å². The van der Waals surface area contributed by atoms with Crippen LogP contribution in [0, 0.1) is 11.2 Å². The highest BCUT2D eigenvalue weighted by molar-refractivity contribution is 9.10. The first kappa shape index (κ1) is 10.4. The van der Waals surface area contributed by atoms with Crippen LogP contribution in [-0.4, -0.2) is 9.38 Å². The maximum atomic E-state index is 13.3. The third kappa shape index (κ3) is 1.54. The van der Waals surface area contributed by atoms with Crippen molar-refractivity contribution in [2.24, 2.45) is 0 Å². The van der Waals surface area contributed by atoms with Gasteiger partial charge in [0.15, 0.2) is 0 Å². The Morgan fingerprint density at radius 3 is 2.94 bits per heavy atom. The predicted molar refractivity (Wildman–Crippen MR) is 66.2 cm³/mol. The van der Waals surface area contributed by atoms with Gasteiger partial charge in [-0.2, -0.15) is 0 Å². The molecule has 1 aromatic carbocycles. The Labute approximate surface area is 104 Å². The van der Waals surface area contributed by atoms with Crippen molar-refractivity contribution in [2.45, 2.75) is 0 Å². The Balaban J connectivity index is 2.64. The Kier molecular flexibility index (Phi) is 2.22. The lowest BCUT2D eigenvalue weighted by molar-refractivity contribution is 0.628. The second kappa shape index (κ2) is 3.63. The van der Waals surface area contributed by atoms with Crippen molar-refractivity contribution in [1.29, 1.82) is 5.41 Å². The molecule has 3 rings (SSSR count). The highest BCUT2D eigenvalue weighted by Crippen LogP contribution is 2.21. The van der Waals surface area contributed by atoms with Gasteiger partial charge in [-0.25, -0.2) is 9.37 Å². The first-order valence-electron chi connectivity index (χ1n) is 4.97. The molecule has 0 aliphatic heterocycles. The first-order valence-corrected chi connectivity index (χ1v) is 5.77. The molecule has 0 bridgehead atoms. The van der Waals surface area contributed by atoms with Crippen molar-refractivity contribution in [2.75, 3.05) is 0 Å². The summed E-state index contributed by atoms with van der Waals surface area (Å²) in [5.41, 5.74) is 1.40. The minimum atomic E-state index is -0.364. The number of pyridine rings is 1. The highest BCUT2D eigenvalue weighted by atomic mass is 79.9. The Hall–Kier alpha value is -1.75.